The van der Waals surface area contributed by atoms with Gasteiger partial charge in [-0.25, -0.2) is 17.6 Å². The van der Waals surface area contributed by atoms with Crippen LogP contribution in [0.25, 0.3) is 0 Å². The molecular weight excluding hydrogens is 766 g/mol. The van der Waals surface area contributed by atoms with Crippen LogP contribution in [0.4, 0.5) is 70.2 Å². The molecule has 2 aromatic rings. The standard InChI is InChI=1S/C28H21F16NO5S/c1-3-21(29,27(40,41)42)22(30,31)23(32,33)24(34,35)25(36,37)26(38,39)28(43,44)51(48,49)45(4-2)14-15-50-20(47)18-12-10-17(11-13-18)19(46)16-8-6-5-7-9-16/h3,5-13H,1,4,14-15H2,2H3. The Hall–Kier alpha value is -3.89. The molecular formula is C28H21F16NO5S. The molecule has 0 aliphatic carbocycles. The van der Waals surface area contributed by atoms with E-state index in [0.29, 0.717) is 6.92 Å². The van der Waals surface area contributed by atoms with Gasteiger partial charge in [0.25, 0.3) is 15.7 Å². The molecule has 2 rings (SSSR count). The minimum absolute atomic E-state index is 0.0399. The third kappa shape index (κ3) is 6.77. The van der Waals surface area contributed by atoms with Gasteiger partial charge in [-0.3, -0.25) is 4.79 Å². The van der Waals surface area contributed by atoms with E-state index in [1.54, 1.807) is 24.8 Å². The summed E-state index contributed by atoms with van der Waals surface area (Å²) in [5.41, 5.74) is -7.18. The Morgan fingerprint density at radius 1 is 0.667 bits per heavy atom. The van der Waals surface area contributed by atoms with Crippen molar-refractivity contribution in [3.63, 3.8) is 0 Å². The van der Waals surface area contributed by atoms with Gasteiger partial charge in [-0.1, -0.05) is 56.0 Å². The molecule has 0 aromatic heterocycles. The van der Waals surface area contributed by atoms with E-state index < -0.39 is 98.6 Å². The van der Waals surface area contributed by atoms with Crippen LogP contribution >= 0.6 is 0 Å². The molecule has 0 aliphatic rings. The van der Waals surface area contributed by atoms with Crippen LogP contribution in [0, 0.1) is 0 Å². The minimum Gasteiger partial charge on any atom is -0.461 e. The lowest BCUT2D eigenvalue weighted by Gasteiger charge is -2.44. The molecule has 6 nitrogen and oxygen atoms in total. The molecule has 1 unspecified atom stereocenters. The highest BCUT2D eigenvalue weighted by Crippen LogP contribution is 2.64. The van der Waals surface area contributed by atoms with Crippen molar-refractivity contribution in [3.8, 4) is 0 Å². The summed E-state index contributed by atoms with van der Waals surface area (Å²) in [7, 11) is -7.49. The van der Waals surface area contributed by atoms with Gasteiger partial charge in [-0.05, 0) is 18.2 Å². The molecule has 0 N–H and O–H groups in total. The summed E-state index contributed by atoms with van der Waals surface area (Å²) in [4.78, 5) is 24.7. The summed E-state index contributed by atoms with van der Waals surface area (Å²) in [5.74, 6) is -44.5. The maximum atomic E-state index is 14.7. The Labute approximate surface area is 276 Å². The molecule has 0 radical (unpaired) electrons. The number of carbonyl (C=O) groups excluding carboxylic acids is 2. The lowest BCUT2D eigenvalue weighted by Crippen LogP contribution is -2.75. The van der Waals surface area contributed by atoms with E-state index in [4.69, 9.17) is 0 Å². The van der Waals surface area contributed by atoms with Crippen molar-refractivity contribution in [2.45, 2.75) is 53.6 Å². The number of hydrogen-bond donors (Lipinski definition) is 0. The molecule has 1 atom stereocenters. The van der Waals surface area contributed by atoms with Crippen molar-refractivity contribution in [2.24, 2.45) is 0 Å². The number of likely N-dealkylation sites (N-methyl/N-ethyl adjacent to an activating group) is 1. The fourth-order valence-corrected chi connectivity index (χ4v) is 5.47. The summed E-state index contributed by atoms with van der Waals surface area (Å²) in [5, 5.41) is -7.66. The van der Waals surface area contributed by atoms with Gasteiger partial charge in [-0.15, -0.1) is 0 Å². The van der Waals surface area contributed by atoms with Gasteiger partial charge in [0.05, 0.1) is 5.56 Å². The molecule has 0 saturated carbocycles. The summed E-state index contributed by atoms with van der Waals surface area (Å²) in [6, 6.07) is 11.8. The fourth-order valence-electron chi connectivity index (χ4n) is 4.03. The summed E-state index contributed by atoms with van der Waals surface area (Å²) in [6.07, 6.45) is -9.20. The lowest BCUT2D eigenvalue weighted by atomic mass is 9.85. The average molecular weight is 788 g/mol. The molecule has 0 bridgehead atoms. The van der Waals surface area contributed by atoms with Crippen molar-refractivity contribution in [2.75, 3.05) is 19.7 Å². The normalized spacial score (nSPS) is 15.3. The lowest BCUT2D eigenvalue weighted by molar-refractivity contribution is -0.437. The molecule has 23 heteroatoms. The van der Waals surface area contributed by atoms with E-state index in [-0.39, 0.29) is 16.7 Å². The van der Waals surface area contributed by atoms with Crippen LogP contribution < -0.4 is 0 Å². The number of carbonyl (C=O) groups is 2. The first-order chi connectivity index (χ1) is 22.9. The number of hydrogen-bond acceptors (Lipinski definition) is 5. The van der Waals surface area contributed by atoms with Gasteiger partial charge < -0.3 is 4.74 Å². The predicted molar refractivity (Wildman–Crippen MR) is 143 cm³/mol. The number of benzene rings is 2. The fraction of sp³-hybridized carbons (Fsp3) is 0.429. The van der Waals surface area contributed by atoms with Crippen LogP contribution in [0.2, 0.25) is 0 Å². The zero-order valence-corrected chi connectivity index (χ0v) is 25.9. The smallest absolute Gasteiger partial charge is 0.432 e. The van der Waals surface area contributed by atoms with Gasteiger partial charge in [0.2, 0.25) is 0 Å². The molecule has 0 fully saturated rings. The monoisotopic (exact) mass is 787 g/mol. The Morgan fingerprint density at radius 2 is 1.08 bits per heavy atom. The first-order valence-electron chi connectivity index (χ1n) is 13.4. The van der Waals surface area contributed by atoms with E-state index in [0.717, 1.165) is 24.3 Å². The summed E-state index contributed by atoms with van der Waals surface area (Å²) in [6.45, 7) is -2.25. The van der Waals surface area contributed by atoms with E-state index in [9.17, 15) is 88.3 Å². The molecule has 2 aromatic carbocycles. The van der Waals surface area contributed by atoms with Crippen LogP contribution in [-0.4, -0.2) is 90.9 Å². The number of halogens is 16. The number of nitrogens with zero attached hydrogens (tertiary/aromatic N) is 1. The number of ether oxygens (including phenoxy) is 1. The van der Waals surface area contributed by atoms with Gasteiger partial charge in [0.1, 0.15) is 6.61 Å². The van der Waals surface area contributed by atoms with Crippen molar-refractivity contribution in [3.05, 3.63) is 83.9 Å². The number of ketones is 1. The number of sulfonamides is 1. The summed E-state index contributed by atoms with van der Waals surface area (Å²) < 4.78 is 252. The van der Waals surface area contributed by atoms with Crippen LogP contribution in [0.1, 0.15) is 33.2 Å². The Balaban J connectivity index is 2.35. The molecule has 0 saturated heterocycles. The van der Waals surface area contributed by atoms with E-state index in [1.165, 1.54) is 12.1 Å². The second-order valence-electron chi connectivity index (χ2n) is 10.2. The number of alkyl halides is 16. The highest BCUT2D eigenvalue weighted by atomic mass is 32.2. The van der Waals surface area contributed by atoms with E-state index >= 15 is 0 Å². The van der Waals surface area contributed by atoms with E-state index in [2.05, 4.69) is 4.74 Å². The van der Waals surface area contributed by atoms with Gasteiger partial charge in [0.15, 0.2) is 5.78 Å². The first-order valence-corrected chi connectivity index (χ1v) is 14.9. The zero-order chi connectivity index (χ0) is 39.9. The molecule has 286 valence electrons. The highest BCUT2D eigenvalue weighted by Gasteiger charge is 2.95. The quantitative estimate of drug-likeness (QED) is 0.0748. The van der Waals surface area contributed by atoms with Crippen molar-refractivity contribution in [1.82, 2.24) is 4.31 Å². The van der Waals surface area contributed by atoms with Crippen molar-refractivity contribution in [1.29, 1.82) is 0 Å². The predicted octanol–water partition coefficient (Wildman–Crippen LogP) is 7.95. The van der Waals surface area contributed by atoms with Crippen LogP contribution in [0.3, 0.4) is 0 Å². The molecule has 0 amide bonds. The van der Waals surface area contributed by atoms with Crippen LogP contribution in [0.15, 0.2) is 67.3 Å². The summed E-state index contributed by atoms with van der Waals surface area (Å²) >= 11 is 0. The van der Waals surface area contributed by atoms with E-state index in [1.807, 2.05) is 0 Å². The second kappa shape index (κ2) is 13.9. The number of rotatable bonds is 16. The number of allylic oxidation sites excluding steroid dienone is 1. The second-order valence-corrected chi connectivity index (χ2v) is 12.2. The van der Waals surface area contributed by atoms with Crippen LogP contribution in [0.5, 0.6) is 0 Å². The SMILES string of the molecule is C=CC(F)(C(F)(F)F)C(F)(F)C(F)(F)C(F)(F)C(F)(F)C(F)(F)C(F)(F)S(=O)(=O)N(CC)CCOC(=O)c1ccc(C(=O)c2ccccc2)cc1. The molecule has 0 spiro atoms. The van der Waals surface area contributed by atoms with Gasteiger partial charge in [0, 0.05) is 24.2 Å². The Morgan fingerprint density at radius 3 is 1.51 bits per heavy atom. The first kappa shape index (κ1) is 43.3. The molecule has 0 heterocycles. The maximum Gasteiger partial charge on any atom is 0.432 e. The minimum atomic E-state index is -8.76. The van der Waals surface area contributed by atoms with Crippen LogP contribution in [-0.2, 0) is 14.8 Å². The highest BCUT2D eigenvalue weighted by molar-refractivity contribution is 7.90. The van der Waals surface area contributed by atoms with Gasteiger partial charge in [-0.2, -0.15) is 70.2 Å². The Bertz CT molecular complexity index is 1700. The zero-order valence-electron chi connectivity index (χ0n) is 25.0. The molecule has 0 aliphatic heterocycles. The Kier molecular flexibility index (Phi) is 11.8. The molecule has 51 heavy (non-hydrogen) atoms. The topological polar surface area (TPSA) is 80.8 Å². The van der Waals surface area contributed by atoms with Crippen molar-refractivity contribution < 1.29 is 93.0 Å². The van der Waals surface area contributed by atoms with Gasteiger partial charge >= 0.3 is 47.0 Å². The average Bonchev–Trinajstić information content (AvgIpc) is 3.04. The number of esters is 1. The third-order valence-electron chi connectivity index (χ3n) is 7.10. The third-order valence-corrected chi connectivity index (χ3v) is 9.13. The largest absolute Gasteiger partial charge is 0.461 e. The van der Waals surface area contributed by atoms with Crippen molar-refractivity contribution >= 4 is 21.8 Å². The maximum absolute atomic E-state index is 14.7.